The Hall–Kier alpha value is -1.33. The van der Waals surface area contributed by atoms with E-state index in [4.69, 9.17) is 0 Å². The highest BCUT2D eigenvalue weighted by atomic mass is 32.1. The second kappa shape index (κ2) is 5.97. The third-order valence-corrected chi connectivity index (χ3v) is 4.08. The van der Waals surface area contributed by atoms with Crippen molar-refractivity contribution in [3.63, 3.8) is 0 Å². The molecule has 0 fully saturated rings. The average Bonchev–Trinajstić information content (AvgIpc) is 2.82. The van der Waals surface area contributed by atoms with E-state index in [9.17, 15) is 13.2 Å². The molecule has 2 aromatic rings. The maximum absolute atomic E-state index is 12.7. The summed E-state index contributed by atoms with van der Waals surface area (Å²) in [6.45, 7) is 2.02. The number of nitrogens with one attached hydrogen (secondary N) is 1. The van der Waals surface area contributed by atoms with Gasteiger partial charge in [0.25, 0.3) is 0 Å². The minimum absolute atomic E-state index is 0.0310. The lowest BCUT2D eigenvalue weighted by molar-refractivity contribution is -0.137. The Balaban J connectivity index is 2.20. The molecule has 5 heteroatoms. The second-order valence-corrected chi connectivity index (χ2v) is 5.85. The van der Waals surface area contributed by atoms with Crippen molar-refractivity contribution in [2.24, 2.45) is 0 Å². The lowest BCUT2D eigenvalue weighted by Gasteiger charge is -2.16. The summed E-state index contributed by atoms with van der Waals surface area (Å²) >= 11 is 1.65. The van der Waals surface area contributed by atoms with E-state index in [2.05, 4.69) is 11.4 Å². The number of halogens is 3. The smallest absolute Gasteiger partial charge is 0.313 e. The molecular formula is C15H16F3NS. The topological polar surface area (TPSA) is 12.0 Å². The fourth-order valence-corrected chi connectivity index (χ4v) is 2.90. The number of likely N-dealkylation sites (N-methyl/N-ethyl adjacent to an activating group) is 1. The molecule has 0 aliphatic heterocycles. The van der Waals surface area contributed by atoms with Crippen molar-refractivity contribution in [1.82, 2.24) is 5.32 Å². The number of rotatable bonds is 4. The van der Waals surface area contributed by atoms with E-state index in [0.717, 1.165) is 11.6 Å². The van der Waals surface area contributed by atoms with Crippen LogP contribution in [0.4, 0.5) is 13.2 Å². The van der Waals surface area contributed by atoms with E-state index in [1.807, 2.05) is 19.4 Å². The molecule has 0 saturated carbocycles. The monoisotopic (exact) mass is 299 g/mol. The standard InChI is InChI=1S/C15H16F3NS/c1-10-6-12(9-20-10)14(19-2)8-11-4-3-5-13(7-11)15(16,17)18/h3-7,9,14,19H,8H2,1-2H3. The zero-order valence-corrected chi connectivity index (χ0v) is 12.1. The van der Waals surface area contributed by atoms with Crippen molar-refractivity contribution >= 4 is 11.3 Å². The van der Waals surface area contributed by atoms with Gasteiger partial charge in [0.2, 0.25) is 0 Å². The summed E-state index contributed by atoms with van der Waals surface area (Å²) in [4.78, 5) is 1.20. The summed E-state index contributed by atoms with van der Waals surface area (Å²) in [7, 11) is 1.82. The number of aryl methyl sites for hydroxylation is 1. The molecule has 1 unspecified atom stereocenters. The number of hydrogen-bond acceptors (Lipinski definition) is 2. The van der Waals surface area contributed by atoms with Gasteiger partial charge < -0.3 is 5.32 Å². The van der Waals surface area contributed by atoms with Gasteiger partial charge in [-0.2, -0.15) is 13.2 Å². The van der Waals surface area contributed by atoms with Crippen molar-refractivity contribution in [1.29, 1.82) is 0 Å². The summed E-state index contributed by atoms with van der Waals surface area (Å²) in [6.07, 6.45) is -3.75. The minimum atomic E-state index is -4.29. The van der Waals surface area contributed by atoms with Gasteiger partial charge in [-0.3, -0.25) is 0 Å². The van der Waals surface area contributed by atoms with Gasteiger partial charge in [-0.15, -0.1) is 11.3 Å². The van der Waals surface area contributed by atoms with E-state index in [-0.39, 0.29) is 6.04 Å². The lowest BCUT2D eigenvalue weighted by atomic mass is 9.99. The Morgan fingerprint density at radius 2 is 2.00 bits per heavy atom. The maximum Gasteiger partial charge on any atom is 0.416 e. The molecule has 1 aromatic heterocycles. The summed E-state index contributed by atoms with van der Waals surface area (Å²) in [6, 6.07) is 7.63. The SMILES string of the molecule is CNC(Cc1cccc(C(F)(F)F)c1)c1csc(C)c1. The maximum atomic E-state index is 12.7. The van der Waals surface area contributed by atoms with Crippen LogP contribution in [0, 0.1) is 6.92 Å². The Labute approximate surface area is 120 Å². The van der Waals surface area contributed by atoms with Crippen molar-refractivity contribution in [2.45, 2.75) is 25.6 Å². The fourth-order valence-electron chi connectivity index (χ4n) is 2.14. The summed E-state index contributed by atoms with van der Waals surface area (Å²) in [5.41, 5.74) is 1.21. The van der Waals surface area contributed by atoms with Crippen molar-refractivity contribution < 1.29 is 13.2 Å². The second-order valence-electron chi connectivity index (χ2n) is 4.73. The molecule has 1 aromatic carbocycles. The number of thiophene rings is 1. The number of alkyl halides is 3. The van der Waals surface area contributed by atoms with Crippen molar-refractivity contribution in [3.05, 3.63) is 57.3 Å². The normalized spacial score (nSPS) is 13.4. The zero-order valence-electron chi connectivity index (χ0n) is 11.3. The van der Waals surface area contributed by atoms with Crippen LogP contribution < -0.4 is 5.32 Å². The Kier molecular flexibility index (Phi) is 4.50. The quantitative estimate of drug-likeness (QED) is 0.871. The van der Waals surface area contributed by atoms with Crippen LogP contribution in [0.5, 0.6) is 0 Å². The van der Waals surface area contributed by atoms with Crippen LogP contribution in [0.3, 0.4) is 0 Å². The number of benzene rings is 1. The van der Waals surface area contributed by atoms with Gasteiger partial charge in [0.15, 0.2) is 0 Å². The van der Waals surface area contributed by atoms with E-state index in [0.29, 0.717) is 12.0 Å². The molecule has 0 radical (unpaired) electrons. The Bertz CT molecular complexity index is 574. The molecule has 0 amide bonds. The van der Waals surface area contributed by atoms with Crippen LogP contribution in [-0.4, -0.2) is 7.05 Å². The highest BCUT2D eigenvalue weighted by molar-refractivity contribution is 7.10. The van der Waals surface area contributed by atoms with Crippen LogP contribution in [0.25, 0.3) is 0 Å². The van der Waals surface area contributed by atoms with Crippen LogP contribution >= 0.6 is 11.3 Å². The first-order valence-corrected chi connectivity index (χ1v) is 7.16. The molecule has 108 valence electrons. The molecule has 20 heavy (non-hydrogen) atoms. The highest BCUT2D eigenvalue weighted by Gasteiger charge is 2.30. The predicted octanol–water partition coefficient (Wildman–Crippen LogP) is 4.58. The molecule has 0 aliphatic rings. The van der Waals surface area contributed by atoms with Crippen LogP contribution in [0.15, 0.2) is 35.7 Å². The first-order valence-electron chi connectivity index (χ1n) is 6.28. The average molecular weight is 299 g/mol. The fraction of sp³-hybridized carbons (Fsp3) is 0.333. The Morgan fingerprint density at radius 3 is 2.55 bits per heavy atom. The van der Waals surface area contributed by atoms with Gasteiger partial charge in [0.05, 0.1) is 5.56 Å². The van der Waals surface area contributed by atoms with E-state index >= 15 is 0 Å². The molecule has 0 aliphatic carbocycles. The van der Waals surface area contributed by atoms with E-state index in [1.165, 1.54) is 17.0 Å². The third kappa shape index (κ3) is 3.61. The van der Waals surface area contributed by atoms with E-state index < -0.39 is 11.7 Å². The summed E-state index contributed by atoms with van der Waals surface area (Å²) < 4.78 is 38.1. The number of hydrogen-bond donors (Lipinski definition) is 1. The molecule has 0 spiro atoms. The molecule has 0 bridgehead atoms. The van der Waals surface area contributed by atoms with Gasteiger partial charge in [0, 0.05) is 10.9 Å². The largest absolute Gasteiger partial charge is 0.416 e. The molecule has 1 nitrogen and oxygen atoms in total. The molecule has 1 N–H and O–H groups in total. The highest BCUT2D eigenvalue weighted by Crippen LogP contribution is 2.31. The molecule has 1 heterocycles. The van der Waals surface area contributed by atoms with Gasteiger partial charge >= 0.3 is 6.18 Å². The third-order valence-electron chi connectivity index (χ3n) is 3.20. The molecule has 2 rings (SSSR count). The first kappa shape index (κ1) is 15.1. The first-order chi connectivity index (χ1) is 9.40. The van der Waals surface area contributed by atoms with Crippen LogP contribution in [-0.2, 0) is 12.6 Å². The van der Waals surface area contributed by atoms with Gasteiger partial charge in [0.1, 0.15) is 0 Å². The molecule has 1 atom stereocenters. The minimum Gasteiger partial charge on any atom is -0.313 e. The lowest BCUT2D eigenvalue weighted by Crippen LogP contribution is -2.18. The Morgan fingerprint density at radius 1 is 1.25 bits per heavy atom. The summed E-state index contributed by atoms with van der Waals surface area (Å²) in [5, 5.41) is 5.21. The van der Waals surface area contributed by atoms with Gasteiger partial charge in [-0.05, 0) is 49.0 Å². The molecule has 0 saturated heterocycles. The zero-order chi connectivity index (χ0) is 14.8. The predicted molar refractivity (Wildman–Crippen MR) is 76.0 cm³/mol. The van der Waals surface area contributed by atoms with Gasteiger partial charge in [-0.1, -0.05) is 18.2 Å². The van der Waals surface area contributed by atoms with Crippen molar-refractivity contribution in [3.8, 4) is 0 Å². The van der Waals surface area contributed by atoms with Crippen LogP contribution in [0.1, 0.15) is 27.6 Å². The van der Waals surface area contributed by atoms with E-state index in [1.54, 1.807) is 17.4 Å². The van der Waals surface area contributed by atoms with Gasteiger partial charge in [-0.25, -0.2) is 0 Å². The summed E-state index contributed by atoms with van der Waals surface area (Å²) in [5.74, 6) is 0. The van der Waals surface area contributed by atoms with Crippen LogP contribution in [0.2, 0.25) is 0 Å². The molecular weight excluding hydrogens is 283 g/mol. The van der Waals surface area contributed by atoms with Crippen molar-refractivity contribution in [2.75, 3.05) is 7.05 Å².